The molecule has 2 heterocycles. The summed E-state index contributed by atoms with van der Waals surface area (Å²) in [7, 11) is -3.63. The zero-order valence-electron chi connectivity index (χ0n) is 11.8. The second kappa shape index (κ2) is 6.44. The Morgan fingerprint density at radius 1 is 1.18 bits per heavy atom. The van der Waals surface area contributed by atoms with Crippen LogP contribution in [0, 0.1) is 0 Å². The van der Waals surface area contributed by atoms with Crippen molar-refractivity contribution in [3.05, 3.63) is 34.8 Å². The molecule has 2 aromatic heterocycles. The normalized spacial score (nSPS) is 15.9. The smallest absolute Gasteiger partial charge is 0.272 e. The molecule has 118 valence electrons. The molecule has 1 fully saturated rings. The minimum Gasteiger partial charge on any atom is -0.381 e. The number of pyridine rings is 1. The van der Waals surface area contributed by atoms with E-state index in [4.69, 9.17) is 11.6 Å². The van der Waals surface area contributed by atoms with Gasteiger partial charge < -0.3 is 5.32 Å². The summed E-state index contributed by atoms with van der Waals surface area (Å²) >= 11 is 6.79. The van der Waals surface area contributed by atoms with Gasteiger partial charge in [-0.15, -0.1) is 11.3 Å². The summed E-state index contributed by atoms with van der Waals surface area (Å²) < 4.78 is 27.4. The van der Waals surface area contributed by atoms with Gasteiger partial charge in [-0.3, -0.25) is 4.72 Å². The molecule has 0 radical (unpaired) electrons. The van der Waals surface area contributed by atoms with E-state index in [1.54, 1.807) is 18.3 Å². The summed E-state index contributed by atoms with van der Waals surface area (Å²) in [5, 5.41) is 3.41. The van der Waals surface area contributed by atoms with Crippen LogP contribution in [0.25, 0.3) is 0 Å². The molecule has 2 N–H and O–H groups in total. The first-order chi connectivity index (χ1) is 10.5. The fourth-order valence-electron chi connectivity index (χ4n) is 2.48. The number of rotatable bonds is 5. The molecule has 0 saturated heterocycles. The Morgan fingerprint density at radius 2 is 1.95 bits per heavy atom. The third-order valence-electron chi connectivity index (χ3n) is 3.54. The van der Waals surface area contributed by atoms with E-state index in [1.165, 1.54) is 31.7 Å². The number of anilines is 2. The Balaban J connectivity index is 1.67. The lowest BCUT2D eigenvalue weighted by Crippen LogP contribution is -2.15. The number of hydrogen-bond acceptors (Lipinski definition) is 5. The van der Waals surface area contributed by atoms with Crippen LogP contribution in [-0.2, 0) is 10.0 Å². The molecule has 0 aliphatic heterocycles. The number of aromatic nitrogens is 1. The lowest BCUT2D eigenvalue weighted by atomic mass is 10.2. The number of nitrogens with zero attached hydrogens (tertiary/aromatic N) is 1. The molecule has 1 saturated carbocycles. The SMILES string of the molecule is O=S(=O)(Nc1ccc(NC2CCCC2)cn1)c1ccc(Cl)s1. The van der Waals surface area contributed by atoms with E-state index >= 15 is 0 Å². The molecule has 0 spiro atoms. The van der Waals surface area contributed by atoms with Crippen LogP contribution in [0.3, 0.4) is 0 Å². The highest BCUT2D eigenvalue weighted by Gasteiger charge is 2.18. The molecule has 3 rings (SSSR count). The van der Waals surface area contributed by atoms with Gasteiger partial charge in [0.25, 0.3) is 10.0 Å². The minimum absolute atomic E-state index is 0.174. The molecule has 8 heteroatoms. The average Bonchev–Trinajstić information content (AvgIpc) is 3.12. The van der Waals surface area contributed by atoms with Crippen LogP contribution in [0.2, 0.25) is 4.34 Å². The quantitative estimate of drug-likeness (QED) is 0.849. The summed E-state index contributed by atoms with van der Waals surface area (Å²) in [6, 6.07) is 7.03. The molecule has 1 aliphatic carbocycles. The van der Waals surface area contributed by atoms with Crippen molar-refractivity contribution in [3.8, 4) is 0 Å². The molecular formula is C14H16ClN3O2S2. The summed E-state index contributed by atoms with van der Waals surface area (Å²) in [5.41, 5.74) is 0.911. The van der Waals surface area contributed by atoms with E-state index in [-0.39, 0.29) is 4.21 Å². The lowest BCUT2D eigenvalue weighted by Gasteiger charge is -2.13. The topological polar surface area (TPSA) is 71.1 Å². The Hall–Kier alpha value is -1.31. The highest BCUT2D eigenvalue weighted by molar-refractivity contribution is 7.94. The Morgan fingerprint density at radius 3 is 2.55 bits per heavy atom. The van der Waals surface area contributed by atoms with Crippen LogP contribution >= 0.6 is 22.9 Å². The second-order valence-electron chi connectivity index (χ2n) is 5.22. The zero-order valence-corrected chi connectivity index (χ0v) is 14.1. The molecular weight excluding hydrogens is 342 g/mol. The molecule has 0 atom stereocenters. The molecule has 2 aromatic rings. The van der Waals surface area contributed by atoms with E-state index < -0.39 is 10.0 Å². The molecule has 1 aliphatic rings. The van der Waals surface area contributed by atoms with Crippen molar-refractivity contribution in [1.82, 2.24) is 4.98 Å². The van der Waals surface area contributed by atoms with Gasteiger partial charge in [0.15, 0.2) is 0 Å². The minimum atomic E-state index is -3.63. The van der Waals surface area contributed by atoms with Crippen LogP contribution in [0.1, 0.15) is 25.7 Å². The predicted octanol–water partition coefficient (Wildman–Crippen LogP) is 3.95. The monoisotopic (exact) mass is 357 g/mol. The van der Waals surface area contributed by atoms with Crippen molar-refractivity contribution in [2.45, 2.75) is 35.9 Å². The predicted molar refractivity (Wildman–Crippen MR) is 90.3 cm³/mol. The van der Waals surface area contributed by atoms with Gasteiger partial charge in [0.1, 0.15) is 10.0 Å². The molecule has 0 aromatic carbocycles. The van der Waals surface area contributed by atoms with Crippen LogP contribution in [-0.4, -0.2) is 19.4 Å². The summed E-state index contributed by atoms with van der Waals surface area (Å²) in [6.45, 7) is 0. The van der Waals surface area contributed by atoms with Gasteiger partial charge in [0.2, 0.25) is 0 Å². The van der Waals surface area contributed by atoms with E-state index in [9.17, 15) is 8.42 Å². The number of sulfonamides is 1. The van der Waals surface area contributed by atoms with E-state index in [2.05, 4.69) is 15.0 Å². The van der Waals surface area contributed by atoms with Crippen molar-refractivity contribution in [2.24, 2.45) is 0 Å². The Bertz CT molecular complexity index is 738. The summed E-state index contributed by atoms with van der Waals surface area (Å²) in [5.74, 6) is 0.293. The molecule has 22 heavy (non-hydrogen) atoms. The lowest BCUT2D eigenvalue weighted by molar-refractivity contribution is 0.603. The molecule has 0 bridgehead atoms. The van der Waals surface area contributed by atoms with E-state index in [1.807, 2.05) is 6.07 Å². The van der Waals surface area contributed by atoms with Crippen molar-refractivity contribution >= 4 is 44.5 Å². The van der Waals surface area contributed by atoms with Crippen LogP contribution in [0.15, 0.2) is 34.7 Å². The fraction of sp³-hybridized carbons (Fsp3) is 0.357. The third-order valence-corrected chi connectivity index (χ3v) is 6.62. The largest absolute Gasteiger partial charge is 0.381 e. The number of nitrogens with one attached hydrogen (secondary N) is 2. The van der Waals surface area contributed by atoms with Gasteiger partial charge in [0.05, 0.1) is 16.2 Å². The van der Waals surface area contributed by atoms with E-state index in [0.29, 0.717) is 16.2 Å². The van der Waals surface area contributed by atoms with Gasteiger partial charge in [-0.1, -0.05) is 24.4 Å². The first-order valence-electron chi connectivity index (χ1n) is 7.04. The van der Waals surface area contributed by atoms with Gasteiger partial charge in [0, 0.05) is 6.04 Å². The number of halogens is 1. The second-order valence-corrected chi connectivity index (χ2v) is 8.85. The molecule has 0 amide bonds. The van der Waals surface area contributed by atoms with Gasteiger partial charge in [-0.25, -0.2) is 13.4 Å². The van der Waals surface area contributed by atoms with E-state index in [0.717, 1.165) is 17.0 Å². The van der Waals surface area contributed by atoms with Crippen molar-refractivity contribution in [1.29, 1.82) is 0 Å². The fourth-order valence-corrected chi connectivity index (χ4v) is 4.97. The maximum absolute atomic E-state index is 12.2. The van der Waals surface area contributed by atoms with Crippen LogP contribution in [0.5, 0.6) is 0 Å². The highest BCUT2D eigenvalue weighted by atomic mass is 35.5. The summed E-state index contributed by atoms with van der Waals surface area (Å²) in [6.07, 6.45) is 6.51. The standard InChI is InChI=1S/C14H16ClN3O2S2/c15-12-6-8-14(21-12)22(19,20)18-13-7-5-11(9-16-13)17-10-3-1-2-4-10/h5-10,17H,1-4H2,(H,16,18). The third kappa shape index (κ3) is 3.71. The van der Waals surface area contributed by atoms with Crippen LogP contribution in [0.4, 0.5) is 11.5 Å². The van der Waals surface area contributed by atoms with Gasteiger partial charge in [-0.05, 0) is 37.1 Å². The molecule has 0 unspecified atom stereocenters. The van der Waals surface area contributed by atoms with Gasteiger partial charge >= 0.3 is 0 Å². The Labute approximate surface area is 138 Å². The highest BCUT2D eigenvalue weighted by Crippen LogP contribution is 2.27. The Kier molecular flexibility index (Phi) is 4.56. The first kappa shape index (κ1) is 15.6. The maximum Gasteiger partial charge on any atom is 0.272 e. The van der Waals surface area contributed by atoms with Crippen LogP contribution < -0.4 is 10.0 Å². The number of thiophene rings is 1. The zero-order chi connectivity index (χ0) is 15.6. The van der Waals surface area contributed by atoms with Crippen molar-refractivity contribution in [2.75, 3.05) is 10.0 Å². The average molecular weight is 358 g/mol. The maximum atomic E-state index is 12.2. The van der Waals surface area contributed by atoms with Crippen molar-refractivity contribution in [3.63, 3.8) is 0 Å². The summed E-state index contributed by atoms with van der Waals surface area (Å²) in [4.78, 5) is 4.16. The first-order valence-corrected chi connectivity index (χ1v) is 9.71. The van der Waals surface area contributed by atoms with Gasteiger partial charge in [-0.2, -0.15) is 0 Å². The number of hydrogen-bond donors (Lipinski definition) is 2. The molecule has 5 nitrogen and oxygen atoms in total. The van der Waals surface area contributed by atoms with Crippen molar-refractivity contribution < 1.29 is 8.42 Å².